The van der Waals surface area contributed by atoms with E-state index in [4.69, 9.17) is 14.2 Å². The summed E-state index contributed by atoms with van der Waals surface area (Å²) in [7, 11) is 1.56. The predicted molar refractivity (Wildman–Crippen MR) is 67.4 cm³/mol. The van der Waals surface area contributed by atoms with E-state index < -0.39 is 12.2 Å². The zero-order valence-electron chi connectivity index (χ0n) is 10.9. The quantitative estimate of drug-likeness (QED) is 0.839. The molecule has 1 fully saturated rings. The van der Waals surface area contributed by atoms with Crippen molar-refractivity contribution in [3.05, 3.63) is 23.8 Å². The summed E-state index contributed by atoms with van der Waals surface area (Å²) in [6, 6.07) is 5.20. The van der Waals surface area contributed by atoms with Gasteiger partial charge in [0.2, 0.25) is 0 Å². The highest BCUT2D eigenvalue weighted by Crippen LogP contribution is 2.29. The number of hydrogen-bond donors (Lipinski definition) is 2. The lowest BCUT2D eigenvalue weighted by Crippen LogP contribution is -2.22. The smallest absolute Gasteiger partial charge is 0.407 e. The van der Waals surface area contributed by atoms with Gasteiger partial charge in [-0.05, 0) is 19.1 Å². The van der Waals surface area contributed by atoms with Crippen LogP contribution in [0, 0.1) is 0 Å². The Labute approximate surface area is 111 Å². The molecule has 2 rings (SSSR count). The molecular formula is C13H17NO5. The molecule has 0 radical (unpaired) electrons. The van der Waals surface area contributed by atoms with Gasteiger partial charge in [-0.1, -0.05) is 0 Å². The Morgan fingerprint density at radius 2 is 2.37 bits per heavy atom. The van der Waals surface area contributed by atoms with E-state index in [2.05, 4.69) is 5.32 Å². The van der Waals surface area contributed by atoms with Gasteiger partial charge in [0.1, 0.15) is 18.1 Å². The number of aliphatic hydroxyl groups is 1. The molecule has 1 aliphatic heterocycles. The van der Waals surface area contributed by atoms with E-state index in [1.54, 1.807) is 32.2 Å². The lowest BCUT2D eigenvalue weighted by atomic mass is 10.1. The van der Waals surface area contributed by atoms with E-state index in [1.807, 2.05) is 0 Å². The van der Waals surface area contributed by atoms with Crippen molar-refractivity contribution >= 4 is 6.09 Å². The highest BCUT2D eigenvalue weighted by atomic mass is 16.6. The molecule has 6 nitrogen and oxygen atoms in total. The summed E-state index contributed by atoms with van der Waals surface area (Å²) < 4.78 is 15.7. The topological polar surface area (TPSA) is 77.0 Å². The fraction of sp³-hybridized carbons (Fsp3) is 0.462. The predicted octanol–water partition coefficient (Wildman–Crippen LogP) is 1.24. The fourth-order valence-corrected chi connectivity index (χ4v) is 1.82. The molecule has 104 valence electrons. The van der Waals surface area contributed by atoms with Crippen molar-refractivity contribution in [3.63, 3.8) is 0 Å². The van der Waals surface area contributed by atoms with Crippen LogP contribution >= 0.6 is 0 Å². The molecule has 1 aromatic rings. The Bertz CT molecular complexity index is 460. The van der Waals surface area contributed by atoms with Crippen LogP contribution < -0.4 is 14.8 Å². The molecule has 0 bridgehead atoms. The SMILES string of the molecule is COc1ccc([C@@H](C)O)c(OCC2CNC(=O)O2)c1. The molecule has 1 aromatic carbocycles. The Kier molecular flexibility index (Phi) is 4.11. The van der Waals surface area contributed by atoms with Gasteiger partial charge in [-0.25, -0.2) is 4.79 Å². The molecule has 1 amide bonds. The second-order valence-electron chi connectivity index (χ2n) is 4.30. The molecular weight excluding hydrogens is 250 g/mol. The molecule has 1 aliphatic rings. The second kappa shape index (κ2) is 5.79. The Morgan fingerprint density at radius 1 is 1.58 bits per heavy atom. The van der Waals surface area contributed by atoms with Crippen LogP contribution in [0.5, 0.6) is 11.5 Å². The van der Waals surface area contributed by atoms with Crippen LogP contribution in [-0.4, -0.2) is 37.6 Å². The summed E-state index contributed by atoms with van der Waals surface area (Å²) in [5, 5.41) is 12.2. The molecule has 6 heteroatoms. The summed E-state index contributed by atoms with van der Waals surface area (Å²) in [6.07, 6.45) is -1.40. The largest absolute Gasteiger partial charge is 0.497 e. The van der Waals surface area contributed by atoms with Crippen LogP contribution in [0.4, 0.5) is 4.79 Å². The lowest BCUT2D eigenvalue weighted by molar-refractivity contribution is 0.102. The van der Waals surface area contributed by atoms with E-state index in [0.717, 1.165) is 0 Å². The maximum Gasteiger partial charge on any atom is 0.407 e. The average molecular weight is 267 g/mol. The molecule has 0 saturated carbocycles. The number of aliphatic hydroxyl groups excluding tert-OH is 1. The van der Waals surface area contributed by atoms with Gasteiger partial charge in [-0.3, -0.25) is 0 Å². The van der Waals surface area contributed by atoms with Crippen molar-refractivity contribution in [1.29, 1.82) is 0 Å². The number of nitrogens with one attached hydrogen (secondary N) is 1. The van der Waals surface area contributed by atoms with Gasteiger partial charge in [0, 0.05) is 11.6 Å². The number of carbonyl (C=O) groups is 1. The standard InChI is InChI=1S/C13H17NO5/c1-8(15)11-4-3-9(17-2)5-12(11)18-7-10-6-14-13(16)19-10/h3-5,8,10,15H,6-7H2,1-2H3,(H,14,16)/t8-,10?/m1/s1. The highest BCUT2D eigenvalue weighted by molar-refractivity contribution is 5.69. The summed E-state index contributed by atoms with van der Waals surface area (Å²) in [6.45, 7) is 2.31. The van der Waals surface area contributed by atoms with Crippen molar-refractivity contribution < 1.29 is 24.1 Å². The van der Waals surface area contributed by atoms with Crippen LogP contribution in [0.3, 0.4) is 0 Å². The maximum atomic E-state index is 10.9. The first-order chi connectivity index (χ1) is 9.10. The van der Waals surface area contributed by atoms with Crippen LogP contribution in [0.25, 0.3) is 0 Å². The van der Waals surface area contributed by atoms with Crippen molar-refractivity contribution in [2.45, 2.75) is 19.1 Å². The van der Waals surface area contributed by atoms with E-state index in [9.17, 15) is 9.90 Å². The Balaban J connectivity index is 2.06. The number of ether oxygens (including phenoxy) is 3. The van der Waals surface area contributed by atoms with Crippen LogP contribution in [0.1, 0.15) is 18.6 Å². The third-order valence-corrected chi connectivity index (χ3v) is 2.84. The summed E-state index contributed by atoms with van der Waals surface area (Å²) in [5.74, 6) is 1.17. The van der Waals surface area contributed by atoms with Crippen molar-refractivity contribution in [2.75, 3.05) is 20.3 Å². The number of alkyl carbamates (subject to hydrolysis) is 1. The first kappa shape index (κ1) is 13.5. The number of carbonyl (C=O) groups excluding carboxylic acids is 1. The average Bonchev–Trinajstić information content (AvgIpc) is 2.81. The molecule has 0 aromatic heterocycles. The van der Waals surface area contributed by atoms with E-state index in [1.165, 1.54) is 0 Å². The maximum absolute atomic E-state index is 10.9. The lowest BCUT2D eigenvalue weighted by Gasteiger charge is -2.16. The minimum Gasteiger partial charge on any atom is -0.497 e. The number of methoxy groups -OCH3 is 1. The van der Waals surface area contributed by atoms with E-state index >= 15 is 0 Å². The monoisotopic (exact) mass is 267 g/mol. The molecule has 1 unspecified atom stereocenters. The Morgan fingerprint density at radius 3 is 2.95 bits per heavy atom. The highest BCUT2D eigenvalue weighted by Gasteiger charge is 2.23. The van der Waals surface area contributed by atoms with Gasteiger partial charge in [0.25, 0.3) is 0 Å². The Hall–Kier alpha value is -1.95. The van der Waals surface area contributed by atoms with Crippen molar-refractivity contribution in [3.8, 4) is 11.5 Å². The first-order valence-corrected chi connectivity index (χ1v) is 6.03. The van der Waals surface area contributed by atoms with Crippen LogP contribution in [0.15, 0.2) is 18.2 Å². The van der Waals surface area contributed by atoms with E-state index in [-0.39, 0.29) is 12.7 Å². The zero-order valence-corrected chi connectivity index (χ0v) is 10.9. The first-order valence-electron chi connectivity index (χ1n) is 6.03. The molecule has 1 saturated heterocycles. The van der Waals surface area contributed by atoms with Gasteiger partial charge >= 0.3 is 6.09 Å². The second-order valence-corrected chi connectivity index (χ2v) is 4.30. The summed E-state index contributed by atoms with van der Waals surface area (Å²) >= 11 is 0. The minimum atomic E-state index is -0.648. The molecule has 2 N–H and O–H groups in total. The molecule has 1 heterocycles. The van der Waals surface area contributed by atoms with Crippen LogP contribution in [-0.2, 0) is 4.74 Å². The van der Waals surface area contributed by atoms with Crippen molar-refractivity contribution in [1.82, 2.24) is 5.32 Å². The number of cyclic esters (lactones) is 1. The van der Waals surface area contributed by atoms with Crippen LogP contribution in [0.2, 0.25) is 0 Å². The minimum absolute atomic E-state index is 0.228. The molecule has 0 spiro atoms. The number of amides is 1. The summed E-state index contributed by atoms with van der Waals surface area (Å²) in [5.41, 5.74) is 0.665. The molecule has 19 heavy (non-hydrogen) atoms. The van der Waals surface area contributed by atoms with E-state index in [0.29, 0.717) is 23.6 Å². The van der Waals surface area contributed by atoms with Gasteiger partial charge in [-0.2, -0.15) is 0 Å². The van der Waals surface area contributed by atoms with Gasteiger partial charge in [0.05, 0.1) is 19.8 Å². The number of benzene rings is 1. The normalized spacial score (nSPS) is 19.5. The van der Waals surface area contributed by atoms with Gasteiger partial charge in [0.15, 0.2) is 6.10 Å². The fourth-order valence-electron chi connectivity index (χ4n) is 1.82. The zero-order chi connectivity index (χ0) is 13.8. The van der Waals surface area contributed by atoms with Crippen molar-refractivity contribution in [2.24, 2.45) is 0 Å². The van der Waals surface area contributed by atoms with Gasteiger partial charge < -0.3 is 24.6 Å². The van der Waals surface area contributed by atoms with Gasteiger partial charge in [-0.15, -0.1) is 0 Å². The number of hydrogen-bond acceptors (Lipinski definition) is 5. The molecule has 0 aliphatic carbocycles. The number of rotatable bonds is 5. The molecule has 2 atom stereocenters. The third-order valence-electron chi connectivity index (χ3n) is 2.84. The third kappa shape index (κ3) is 3.29. The summed E-state index contributed by atoms with van der Waals surface area (Å²) in [4.78, 5) is 10.9.